The average molecular weight is 317 g/mol. The van der Waals surface area contributed by atoms with Gasteiger partial charge in [-0.15, -0.1) is 0 Å². The summed E-state index contributed by atoms with van der Waals surface area (Å²) in [6.07, 6.45) is 5.34. The van der Waals surface area contributed by atoms with Gasteiger partial charge in [-0.3, -0.25) is 9.58 Å². The minimum atomic E-state index is 0.00213. The minimum absolute atomic E-state index is 0.00213. The summed E-state index contributed by atoms with van der Waals surface area (Å²) in [6.45, 7) is 6.67. The van der Waals surface area contributed by atoms with Gasteiger partial charge >= 0.3 is 6.03 Å². The second kappa shape index (κ2) is 7.32. The fourth-order valence-corrected chi connectivity index (χ4v) is 2.77. The van der Waals surface area contributed by atoms with Gasteiger partial charge in [0, 0.05) is 44.6 Å². The number of nitrogens with one attached hydrogen (secondary N) is 1. The normalized spacial score (nSPS) is 17.2. The van der Waals surface area contributed by atoms with Gasteiger partial charge < -0.3 is 14.6 Å². The number of hydrogen-bond acceptors (Lipinski definition) is 4. The van der Waals surface area contributed by atoms with Gasteiger partial charge in [0.1, 0.15) is 5.76 Å². The molecule has 7 nitrogen and oxygen atoms in total. The first kappa shape index (κ1) is 15.6. The van der Waals surface area contributed by atoms with Crippen molar-refractivity contribution in [3.8, 4) is 0 Å². The van der Waals surface area contributed by atoms with E-state index in [2.05, 4.69) is 15.3 Å². The van der Waals surface area contributed by atoms with E-state index in [0.29, 0.717) is 6.54 Å². The van der Waals surface area contributed by atoms with Gasteiger partial charge in [-0.25, -0.2) is 4.79 Å². The number of piperazine rings is 1. The highest BCUT2D eigenvalue weighted by molar-refractivity contribution is 5.74. The third kappa shape index (κ3) is 4.35. The van der Waals surface area contributed by atoms with Gasteiger partial charge in [0.25, 0.3) is 0 Å². The summed E-state index contributed by atoms with van der Waals surface area (Å²) in [5.41, 5.74) is 0. The summed E-state index contributed by atoms with van der Waals surface area (Å²) >= 11 is 0. The molecule has 0 unspecified atom stereocenters. The molecule has 1 atom stereocenters. The molecule has 1 fully saturated rings. The van der Waals surface area contributed by atoms with Crippen LogP contribution in [-0.4, -0.2) is 57.8 Å². The molecule has 1 saturated heterocycles. The van der Waals surface area contributed by atoms with Crippen LogP contribution in [0, 0.1) is 0 Å². The number of carbonyl (C=O) groups is 1. The Morgan fingerprint density at radius 2 is 2.17 bits per heavy atom. The number of hydrogen-bond donors (Lipinski definition) is 1. The molecule has 2 aromatic heterocycles. The Labute approximate surface area is 135 Å². The summed E-state index contributed by atoms with van der Waals surface area (Å²) in [7, 11) is 0. The first-order valence-electron chi connectivity index (χ1n) is 7.98. The molecule has 0 bridgehead atoms. The van der Waals surface area contributed by atoms with Crippen LogP contribution in [-0.2, 0) is 13.1 Å². The van der Waals surface area contributed by atoms with E-state index in [4.69, 9.17) is 4.42 Å². The van der Waals surface area contributed by atoms with Crippen LogP contribution in [0.1, 0.15) is 12.7 Å². The number of nitrogens with zero attached hydrogens (tertiary/aromatic N) is 4. The van der Waals surface area contributed by atoms with Gasteiger partial charge in [-0.05, 0) is 25.1 Å². The van der Waals surface area contributed by atoms with Crippen LogP contribution >= 0.6 is 0 Å². The Morgan fingerprint density at radius 1 is 1.35 bits per heavy atom. The van der Waals surface area contributed by atoms with E-state index >= 15 is 0 Å². The summed E-state index contributed by atoms with van der Waals surface area (Å²) in [5, 5.41) is 7.19. The van der Waals surface area contributed by atoms with Crippen molar-refractivity contribution in [3.63, 3.8) is 0 Å². The summed E-state index contributed by atoms with van der Waals surface area (Å²) in [6, 6.07) is 5.81. The van der Waals surface area contributed by atoms with E-state index in [9.17, 15) is 4.79 Å². The topological polar surface area (TPSA) is 66.5 Å². The van der Waals surface area contributed by atoms with Gasteiger partial charge in [0.15, 0.2) is 0 Å². The number of rotatable bonds is 5. The van der Waals surface area contributed by atoms with Crippen LogP contribution in [0.3, 0.4) is 0 Å². The molecule has 1 aliphatic rings. The lowest BCUT2D eigenvalue weighted by molar-refractivity contribution is 0.128. The lowest BCUT2D eigenvalue weighted by Gasteiger charge is -2.34. The fourth-order valence-electron chi connectivity index (χ4n) is 2.77. The van der Waals surface area contributed by atoms with E-state index in [-0.39, 0.29) is 12.1 Å². The highest BCUT2D eigenvalue weighted by atomic mass is 16.3. The maximum atomic E-state index is 12.3. The molecule has 2 amide bonds. The molecule has 0 radical (unpaired) electrons. The van der Waals surface area contributed by atoms with Crippen molar-refractivity contribution in [1.82, 2.24) is 24.9 Å². The first-order chi connectivity index (χ1) is 11.2. The molecule has 1 aliphatic heterocycles. The summed E-state index contributed by atoms with van der Waals surface area (Å²) in [5.74, 6) is 0.968. The Bertz CT molecular complexity index is 588. The summed E-state index contributed by atoms with van der Waals surface area (Å²) in [4.78, 5) is 16.5. The zero-order valence-electron chi connectivity index (χ0n) is 13.4. The molecule has 0 saturated carbocycles. The van der Waals surface area contributed by atoms with E-state index in [1.165, 1.54) is 0 Å². The van der Waals surface area contributed by atoms with Crippen molar-refractivity contribution < 1.29 is 9.21 Å². The molecule has 3 heterocycles. The molecular weight excluding hydrogens is 294 g/mol. The number of amides is 2. The predicted octanol–water partition coefficient (Wildman–Crippen LogP) is 1.39. The summed E-state index contributed by atoms with van der Waals surface area (Å²) < 4.78 is 7.20. The zero-order valence-corrected chi connectivity index (χ0v) is 13.4. The number of urea groups is 1. The molecule has 23 heavy (non-hydrogen) atoms. The number of furan rings is 1. The molecule has 0 aromatic carbocycles. The van der Waals surface area contributed by atoms with Crippen molar-refractivity contribution in [2.45, 2.75) is 26.1 Å². The Hall–Kier alpha value is -2.28. The highest BCUT2D eigenvalue weighted by Crippen LogP contribution is 2.09. The third-order valence-corrected chi connectivity index (χ3v) is 4.01. The maximum absolute atomic E-state index is 12.3. The van der Waals surface area contributed by atoms with Gasteiger partial charge in [0.2, 0.25) is 0 Å². The highest BCUT2D eigenvalue weighted by Gasteiger charge is 2.22. The van der Waals surface area contributed by atoms with Crippen molar-refractivity contribution in [1.29, 1.82) is 0 Å². The second-order valence-corrected chi connectivity index (χ2v) is 5.92. The van der Waals surface area contributed by atoms with Crippen molar-refractivity contribution in [3.05, 3.63) is 42.6 Å². The molecule has 124 valence electrons. The van der Waals surface area contributed by atoms with Gasteiger partial charge in [0.05, 0.1) is 19.4 Å². The Morgan fingerprint density at radius 3 is 2.83 bits per heavy atom. The van der Waals surface area contributed by atoms with E-state index in [1.54, 1.807) is 12.5 Å². The SMILES string of the molecule is C[C@H](Cn1cccn1)NC(=O)N1CCN(Cc2ccco2)CC1. The maximum Gasteiger partial charge on any atom is 0.317 e. The molecule has 2 aromatic rings. The third-order valence-electron chi connectivity index (χ3n) is 4.01. The van der Waals surface area contributed by atoms with Crippen LogP contribution in [0.25, 0.3) is 0 Å². The fraction of sp³-hybridized carbons (Fsp3) is 0.500. The first-order valence-corrected chi connectivity index (χ1v) is 7.98. The second-order valence-electron chi connectivity index (χ2n) is 5.92. The van der Waals surface area contributed by atoms with E-state index < -0.39 is 0 Å². The Kier molecular flexibility index (Phi) is 4.97. The number of aromatic nitrogens is 2. The quantitative estimate of drug-likeness (QED) is 0.905. The van der Waals surface area contributed by atoms with Crippen LogP contribution < -0.4 is 5.32 Å². The van der Waals surface area contributed by atoms with Crippen LogP contribution in [0.4, 0.5) is 4.79 Å². The molecule has 3 rings (SSSR count). The van der Waals surface area contributed by atoms with Gasteiger partial charge in [-0.2, -0.15) is 5.10 Å². The van der Waals surface area contributed by atoms with Crippen molar-refractivity contribution in [2.24, 2.45) is 0 Å². The molecular formula is C16H23N5O2. The minimum Gasteiger partial charge on any atom is -0.468 e. The van der Waals surface area contributed by atoms with Crippen LogP contribution in [0.2, 0.25) is 0 Å². The molecule has 7 heteroatoms. The standard InChI is InChI=1S/C16H23N5O2/c1-14(12-21-6-3-5-17-21)18-16(22)20-9-7-19(8-10-20)13-15-4-2-11-23-15/h2-6,11,14H,7-10,12-13H2,1H3,(H,18,22)/t14-/m1/s1. The van der Waals surface area contributed by atoms with Crippen molar-refractivity contribution >= 4 is 6.03 Å². The van der Waals surface area contributed by atoms with Crippen molar-refractivity contribution in [2.75, 3.05) is 26.2 Å². The lowest BCUT2D eigenvalue weighted by Crippen LogP contribution is -2.53. The average Bonchev–Trinajstić information content (AvgIpc) is 3.21. The van der Waals surface area contributed by atoms with Gasteiger partial charge in [-0.1, -0.05) is 0 Å². The largest absolute Gasteiger partial charge is 0.468 e. The smallest absolute Gasteiger partial charge is 0.317 e. The van der Waals surface area contributed by atoms with Crippen LogP contribution in [0.15, 0.2) is 41.3 Å². The van der Waals surface area contributed by atoms with E-state index in [0.717, 1.165) is 38.5 Å². The molecule has 1 N–H and O–H groups in total. The zero-order chi connectivity index (χ0) is 16.1. The van der Waals surface area contributed by atoms with E-state index in [1.807, 2.05) is 40.9 Å². The predicted molar refractivity (Wildman–Crippen MR) is 85.8 cm³/mol. The van der Waals surface area contributed by atoms with Crippen LogP contribution in [0.5, 0.6) is 0 Å². The number of carbonyl (C=O) groups excluding carboxylic acids is 1. The Balaban J connectivity index is 1.41. The molecule has 0 spiro atoms. The molecule has 0 aliphatic carbocycles. The monoisotopic (exact) mass is 317 g/mol. The lowest BCUT2D eigenvalue weighted by atomic mass is 10.3.